The second-order valence-electron chi connectivity index (χ2n) is 4.80. The van der Waals surface area contributed by atoms with E-state index in [4.69, 9.17) is 9.52 Å². The maximum Gasteiger partial charge on any atom is 0.339 e. The van der Waals surface area contributed by atoms with E-state index >= 15 is 0 Å². The van der Waals surface area contributed by atoms with Gasteiger partial charge in [0.1, 0.15) is 17.1 Å². The average Bonchev–Trinajstić information content (AvgIpc) is 2.93. The van der Waals surface area contributed by atoms with Crippen molar-refractivity contribution in [3.05, 3.63) is 53.0 Å². The van der Waals surface area contributed by atoms with E-state index in [9.17, 15) is 13.8 Å². The molecular formula is C16H17NO5S. The highest BCUT2D eigenvalue weighted by atomic mass is 32.2. The zero-order chi connectivity index (χ0) is 17.0. The first-order valence-corrected chi connectivity index (χ1v) is 8.34. The monoisotopic (exact) mass is 335 g/mol. The molecule has 0 spiro atoms. The van der Waals surface area contributed by atoms with Gasteiger partial charge >= 0.3 is 5.97 Å². The summed E-state index contributed by atoms with van der Waals surface area (Å²) in [6.07, 6.45) is 0. The largest absolute Gasteiger partial charge is 0.478 e. The van der Waals surface area contributed by atoms with Crippen LogP contribution in [0.5, 0.6) is 0 Å². The molecule has 0 saturated carbocycles. The van der Waals surface area contributed by atoms with E-state index in [0.29, 0.717) is 22.0 Å². The van der Waals surface area contributed by atoms with E-state index in [1.165, 1.54) is 6.07 Å². The van der Waals surface area contributed by atoms with Crippen molar-refractivity contribution in [2.45, 2.75) is 25.3 Å². The Balaban J connectivity index is 2.13. The Morgan fingerprint density at radius 2 is 1.96 bits per heavy atom. The van der Waals surface area contributed by atoms with Crippen LogP contribution in [-0.4, -0.2) is 26.9 Å². The van der Waals surface area contributed by atoms with Crippen LogP contribution in [0, 0.1) is 6.92 Å². The second-order valence-corrected chi connectivity index (χ2v) is 6.51. The molecule has 6 nitrogen and oxygen atoms in total. The van der Waals surface area contributed by atoms with Crippen LogP contribution in [0.25, 0.3) is 0 Å². The maximum absolute atomic E-state index is 12.3. The van der Waals surface area contributed by atoms with Crippen molar-refractivity contribution in [2.75, 3.05) is 5.75 Å². The number of aromatic carboxylic acids is 1. The molecule has 122 valence electrons. The first-order chi connectivity index (χ1) is 10.9. The Hall–Kier alpha value is -2.41. The normalized spacial score (nSPS) is 11.9. The summed E-state index contributed by atoms with van der Waals surface area (Å²) < 4.78 is 17.3. The van der Waals surface area contributed by atoms with Crippen molar-refractivity contribution in [3.8, 4) is 0 Å². The summed E-state index contributed by atoms with van der Waals surface area (Å²) in [4.78, 5) is 23.7. The van der Waals surface area contributed by atoms with Gasteiger partial charge < -0.3 is 14.8 Å². The molecular weight excluding hydrogens is 318 g/mol. The van der Waals surface area contributed by atoms with Gasteiger partial charge in [0.15, 0.2) is 0 Å². The predicted molar refractivity (Wildman–Crippen MR) is 85.0 cm³/mol. The summed E-state index contributed by atoms with van der Waals surface area (Å²) >= 11 is 0. The lowest BCUT2D eigenvalue weighted by Gasteiger charge is -2.08. The maximum atomic E-state index is 12.3. The first kappa shape index (κ1) is 17.0. The number of benzene rings is 1. The van der Waals surface area contributed by atoms with E-state index in [0.717, 1.165) is 0 Å². The lowest BCUT2D eigenvalue weighted by atomic mass is 10.2. The number of hydrogen-bond acceptors (Lipinski definition) is 4. The van der Waals surface area contributed by atoms with E-state index in [1.54, 1.807) is 38.1 Å². The van der Waals surface area contributed by atoms with Crippen LogP contribution >= 0.6 is 0 Å². The molecule has 0 aliphatic heterocycles. The fourth-order valence-electron chi connectivity index (χ4n) is 2.11. The summed E-state index contributed by atoms with van der Waals surface area (Å²) in [5, 5.41) is 11.6. The minimum absolute atomic E-state index is 0.0556. The number of carbonyl (C=O) groups is 2. The molecule has 23 heavy (non-hydrogen) atoms. The van der Waals surface area contributed by atoms with Crippen LogP contribution in [0.1, 0.15) is 39.2 Å². The zero-order valence-electron chi connectivity index (χ0n) is 12.8. The lowest BCUT2D eigenvalue weighted by Crippen LogP contribution is -2.24. The number of furan rings is 1. The predicted octanol–water partition coefficient (Wildman–Crippen LogP) is 2.34. The quantitative estimate of drug-likeness (QED) is 0.844. The highest BCUT2D eigenvalue weighted by Gasteiger charge is 2.17. The second kappa shape index (κ2) is 7.23. The minimum Gasteiger partial charge on any atom is -0.478 e. The standard InChI is InChI=1S/C16H17NO5S/c1-3-23(21)14-7-5-4-6-12(14)15(18)17-9-11-8-13(16(19)20)10(2)22-11/h4-8H,3,9H2,1-2H3,(H,17,18)(H,19,20). The van der Waals surface area contributed by atoms with Crippen LogP contribution in [0.2, 0.25) is 0 Å². The number of carboxylic acids is 1. The van der Waals surface area contributed by atoms with Crippen molar-refractivity contribution in [3.63, 3.8) is 0 Å². The third-order valence-corrected chi connectivity index (χ3v) is 4.63. The Bertz CT molecular complexity index is 766. The number of hydrogen-bond donors (Lipinski definition) is 2. The molecule has 7 heteroatoms. The Labute approximate surface area is 136 Å². The van der Waals surface area contributed by atoms with Crippen molar-refractivity contribution in [1.29, 1.82) is 0 Å². The Morgan fingerprint density at radius 1 is 1.26 bits per heavy atom. The summed E-state index contributed by atoms with van der Waals surface area (Å²) in [6.45, 7) is 3.39. The third-order valence-electron chi connectivity index (χ3n) is 3.26. The molecule has 1 amide bonds. The SMILES string of the molecule is CCS(=O)c1ccccc1C(=O)NCc1cc(C(=O)O)c(C)o1. The molecule has 0 saturated heterocycles. The summed E-state index contributed by atoms with van der Waals surface area (Å²) in [5.41, 5.74) is 0.413. The van der Waals surface area contributed by atoms with Gasteiger partial charge in [0.2, 0.25) is 0 Å². The van der Waals surface area contributed by atoms with E-state index in [1.807, 2.05) is 0 Å². The van der Waals surface area contributed by atoms with Gasteiger partial charge in [-0.05, 0) is 25.1 Å². The van der Waals surface area contributed by atoms with Crippen LogP contribution in [0.3, 0.4) is 0 Å². The number of carboxylic acid groups (broad SMARTS) is 1. The fourth-order valence-corrected chi connectivity index (χ4v) is 3.06. The topological polar surface area (TPSA) is 96.6 Å². The molecule has 1 aromatic carbocycles. The number of amides is 1. The van der Waals surface area contributed by atoms with Gasteiger partial charge in [-0.3, -0.25) is 9.00 Å². The highest BCUT2D eigenvalue weighted by molar-refractivity contribution is 7.85. The van der Waals surface area contributed by atoms with Gasteiger partial charge in [0, 0.05) is 5.75 Å². The van der Waals surface area contributed by atoms with E-state index in [2.05, 4.69) is 5.32 Å². The highest BCUT2D eigenvalue weighted by Crippen LogP contribution is 2.16. The van der Waals surface area contributed by atoms with Crippen molar-refractivity contribution in [2.24, 2.45) is 0 Å². The van der Waals surface area contributed by atoms with Gasteiger partial charge in [-0.1, -0.05) is 19.1 Å². The van der Waals surface area contributed by atoms with Crippen LogP contribution in [0.15, 0.2) is 39.6 Å². The molecule has 1 unspecified atom stereocenters. The number of aryl methyl sites for hydroxylation is 1. The molecule has 1 aromatic heterocycles. The third kappa shape index (κ3) is 3.87. The molecule has 0 radical (unpaired) electrons. The molecule has 2 aromatic rings. The van der Waals surface area contributed by atoms with Gasteiger partial charge in [-0.25, -0.2) is 4.79 Å². The van der Waals surface area contributed by atoms with Crippen LogP contribution < -0.4 is 5.32 Å². The van der Waals surface area contributed by atoms with Crippen molar-refractivity contribution < 1.29 is 23.3 Å². The smallest absolute Gasteiger partial charge is 0.339 e. The fraction of sp³-hybridized carbons (Fsp3) is 0.250. The number of nitrogens with one attached hydrogen (secondary N) is 1. The summed E-state index contributed by atoms with van der Waals surface area (Å²) in [6, 6.07) is 8.08. The van der Waals surface area contributed by atoms with Gasteiger partial charge in [0.05, 0.1) is 27.8 Å². The first-order valence-electron chi connectivity index (χ1n) is 7.02. The number of rotatable bonds is 6. The molecule has 0 bridgehead atoms. The van der Waals surface area contributed by atoms with Gasteiger partial charge in [-0.2, -0.15) is 0 Å². The van der Waals surface area contributed by atoms with Gasteiger partial charge in [0.25, 0.3) is 5.91 Å². The number of carbonyl (C=O) groups excluding carboxylic acids is 1. The zero-order valence-corrected chi connectivity index (χ0v) is 13.6. The molecule has 2 rings (SSSR count). The Kier molecular flexibility index (Phi) is 5.33. The van der Waals surface area contributed by atoms with Crippen LogP contribution in [-0.2, 0) is 17.3 Å². The summed E-state index contributed by atoms with van der Waals surface area (Å²) in [7, 11) is -1.24. The van der Waals surface area contributed by atoms with Crippen molar-refractivity contribution in [1.82, 2.24) is 5.32 Å². The minimum atomic E-state index is -1.24. The lowest BCUT2D eigenvalue weighted by molar-refractivity contribution is 0.0694. The molecule has 0 aliphatic carbocycles. The Morgan fingerprint density at radius 3 is 2.57 bits per heavy atom. The summed E-state index contributed by atoms with van der Waals surface area (Å²) in [5.74, 6) is -0.402. The average molecular weight is 335 g/mol. The molecule has 2 N–H and O–H groups in total. The van der Waals surface area contributed by atoms with E-state index < -0.39 is 16.8 Å². The molecule has 0 fully saturated rings. The molecule has 1 atom stereocenters. The van der Waals surface area contributed by atoms with Crippen LogP contribution in [0.4, 0.5) is 0 Å². The van der Waals surface area contributed by atoms with Gasteiger partial charge in [-0.15, -0.1) is 0 Å². The molecule has 0 aliphatic rings. The van der Waals surface area contributed by atoms with Crippen molar-refractivity contribution >= 4 is 22.7 Å². The van der Waals surface area contributed by atoms with E-state index in [-0.39, 0.29) is 23.8 Å². The molecule has 1 heterocycles.